The molecule has 25 heavy (non-hydrogen) atoms. The summed E-state index contributed by atoms with van der Waals surface area (Å²) in [6.07, 6.45) is 1.59. The van der Waals surface area contributed by atoms with Gasteiger partial charge in [-0.25, -0.2) is 4.98 Å². The van der Waals surface area contributed by atoms with E-state index in [4.69, 9.17) is 0 Å². The second kappa shape index (κ2) is 7.33. The number of hydrogen-bond donors (Lipinski definition) is 2. The monoisotopic (exact) mass is 359 g/mol. The van der Waals surface area contributed by atoms with Crippen LogP contribution in [0.1, 0.15) is 36.6 Å². The van der Waals surface area contributed by atoms with Crippen molar-refractivity contribution in [1.29, 1.82) is 0 Å². The normalized spacial score (nSPS) is 17.4. The largest absolute Gasteiger partial charge is 0.383 e. The van der Waals surface area contributed by atoms with Crippen LogP contribution in [0.4, 0.5) is 10.8 Å². The predicted molar refractivity (Wildman–Crippen MR) is 98.0 cm³/mol. The summed E-state index contributed by atoms with van der Waals surface area (Å²) in [5, 5.41) is 13.0. The molecule has 0 saturated carbocycles. The van der Waals surface area contributed by atoms with Crippen molar-refractivity contribution in [2.24, 2.45) is 0 Å². The van der Waals surface area contributed by atoms with Crippen LogP contribution in [0, 0.1) is 0 Å². The Hall–Kier alpha value is -2.25. The summed E-state index contributed by atoms with van der Waals surface area (Å²) >= 11 is 1.49. The van der Waals surface area contributed by atoms with Crippen molar-refractivity contribution in [2.75, 3.05) is 16.8 Å². The topological polar surface area (TPSA) is 82.5 Å². The highest BCUT2D eigenvalue weighted by Gasteiger charge is 2.30. The van der Waals surface area contributed by atoms with E-state index in [2.05, 4.69) is 24.1 Å². The fraction of sp³-hybridized carbons (Fsp3) is 0.389. The summed E-state index contributed by atoms with van der Waals surface area (Å²) in [5.74, 6) is 0.00260. The first kappa shape index (κ1) is 17.6. The van der Waals surface area contributed by atoms with Crippen LogP contribution < -0.4 is 10.2 Å². The number of anilines is 2. The minimum Gasteiger partial charge on any atom is -0.383 e. The van der Waals surface area contributed by atoms with E-state index in [-0.39, 0.29) is 18.2 Å². The van der Waals surface area contributed by atoms with E-state index in [1.54, 1.807) is 23.2 Å². The third-order valence-corrected chi connectivity index (χ3v) is 5.34. The van der Waals surface area contributed by atoms with Crippen LogP contribution in [0.25, 0.3) is 0 Å². The number of hydrogen-bond acceptors (Lipinski definition) is 5. The lowest BCUT2D eigenvalue weighted by atomic mass is 10.1. The van der Waals surface area contributed by atoms with E-state index < -0.39 is 6.10 Å². The number of amides is 2. The van der Waals surface area contributed by atoms with Gasteiger partial charge in [-0.15, -0.1) is 11.3 Å². The molecule has 2 heterocycles. The Kier molecular flexibility index (Phi) is 5.15. The van der Waals surface area contributed by atoms with Crippen molar-refractivity contribution in [1.82, 2.24) is 4.98 Å². The van der Waals surface area contributed by atoms with Crippen molar-refractivity contribution in [3.8, 4) is 0 Å². The average Bonchev–Trinajstić information content (AvgIpc) is 3.16. The molecule has 0 aliphatic carbocycles. The van der Waals surface area contributed by atoms with Crippen molar-refractivity contribution in [3.63, 3.8) is 0 Å². The van der Waals surface area contributed by atoms with Crippen LogP contribution in [0.5, 0.6) is 0 Å². The standard InChI is InChI=1S/C18H21N3O3S/c1-11(2)15-10-19-18(25-15)20-16(23)9-12-3-5-13(6-4-12)21-8-7-14(22)17(21)24/h3-6,10-11,14,22H,7-9H2,1-2H3,(H,19,20,23)/t14-/m0/s1. The summed E-state index contributed by atoms with van der Waals surface area (Å²) < 4.78 is 0. The molecule has 1 aliphatic heterocycles. The third-order valence-electron chi connectivity index (χ3n) is 4.13. The van der Waals surface area contributed by atoms with Crippen LogP contribution in [0.2, 0.25) is 0 Å². The molecule has 1 fully saturated rings. The van der Waals surface area contributed by atoms with Gasteiger partial charge >= 0.3 is 0 Å². The van der Waals surface area contributed by atoms with Crippen molar-refractivity contribution in [3.05, 3.63) is 40.9 Å². The van der Waals surface area contributed by atoms with Gasteiger partial charge in [0.15, 0.2) is 5.13 Å². The summed E-state index contributed by atoms with van der Waals surface area (Å²) in [7, 11) is 0. The number of aromatic nitrogens is 1. The molecule has 0 radical (unpaired) electrons. The van der Waals surface area contributed by atoms with Gasteiger partial charge < -0.3 is 15.3 Å². The number of rotatable bonds is 5. The molecule has 1 aliphatic rings. The van der Waals surface area contributed by atoms with E-state index in [1.165, 1.54) is 11.3 Å². The van der Waals surface area contributed by atoms with Crippen LogP contribution in [-0.2, 0) is 16.0 Å². The number of nitrogens with zero attached hydrogens (tertiary/aromatic N) is 2. The Morgan fingerprint density at radius 3 is 2.68 bits per heavy atom. The first-order valence-corrected chi connectivity index (χ1v) is 9.09. The van der Waals surface area contributed by atoms with Gasteiger partial charge in [0.2, 0.25) is 5.91 Å². The average molecular weight is 359 g/mol. The number of thiazole rings is 1. The van der Waals surface area contributed by atoms with Crippen LogP contribution >= 0.6 is 11.3 Å². The van der Waals surface area contributed by atoms with Crippen molar-refractivity contribution >= 4 is 34.0 Å². The molecular weight excluding hydrogens is 338 g/mol. The van der Waals surface area contributed by atoms with E-state index >= 15 is 0 Å². The van der Waals surface area contributed by atoms with Gasteiger partial charge in [0, 0.05) is 29.7 Å². The molecule has 132 valence electrons. The third kappa shape index (κ3) is 4.05. The molecule has 1 aromatic heterocycles. The maximum atomic E-state index is 12.2. The first-order valence-electron chi connectivity index (χ1n) is 8.28. The summed E-state index contributed by atoms with van der Waals surface area (Å²) in [5.41, 5.74) is 1.60. The zero-order valence-corrected chi connectivity index (χ0v) is 15.0. The lowest BCUT2D eigenvalue weighted by Gasteiger charge is -2.16. The highest BCUT2D eigenvalue weighted by Crippen LogP contribution is 2.25. The minimum absolute atomic E-state index is 0.120. The Bertz CT molecular complexity index is 770. The molecule has 1 saturated heterocycles. The number of aliphatic hydroxyl groups is 1. The molecular formula is C18H21N3O3S. The summed E-state index contributed by atoms with van der Waals surface area (Å²) in [6.45, 7) is 4.69. The molecule has 2 amide bonds. The maximum Gasteiger partial charge on any atom is 0.255 e. The van der Waals surface area contributed by atoms with E-state index in [1.807, 2.05) is 12.1 Å². The van der Waals surface area contributed by atoms with E-state index in [9.17, 15) is 14.7 Å². The quantitative estimate of drug-likeness (QED) is 0.859. The smallest absolute Gasteiger partial charge is 0.255 e. The molecule has 6 nitrogen and oxygen atoms in total. The van der Waals surface area contributed by atoms with Gasteiger partial charge in [-0.05, 0) is 23.6 Å². The zero-order valence-electron chi connectivity index (χ0n) is 14.2. The molecule has 7 heteroatoms. The fourth-order valence-electron chi connectivity index (χ4n) is 2.68. The lowest BCUT2D eigenvalue weighted by molar-refractivity contribution is -0.124. The highest BCUT2D eigenvalue weighted by atomic mass is 32.1. The van der Waals surface area contributed by atoms with Crippen LogP contribution in [0.15, 0.2) is 30.5 Å². The van der Waals surface area contributed by atoms with Gasteiger partial charge in [0.05, 0.1) is 6.42 Å². The van der Waals surface area contributed by atoms with Gasteiger partial charge in [0.25, 0.3) is 5.91 Å². The van der Waals surface area contributed by atoms with Gasteiger partial charge in [-0.3, -0.25) is 9.59 Å². The fourth-order valence-corrected chi connectivity index (χ4v) is 3.51. The number of carbonyl (C=O) groups is 2. The summed E-state index contributed by atoms with van der Waals surface area (Å²) in [4.78, 5) is 30.9. The number of benzene rings is 1. The molecule has 0 bridgehead atoms. The Labute approximate surface area is 150 Å². The van der Waals surface area contributed by atoms with Crippen LogP contribution in [-0.4, -0.2) is 34.6 Å². The predicted octanol–water partition coefficient (Wildman–Crippen LogP) is 2.55. The minimum atomic E-state index is -0.903. The Morgan fingerprint density at radius 2 is 2.12 bits per heavy atom. The van der Waals surface area contributed by atoms with Gasteiger partial charge in [-0.2, -0.15) is 0 Å². The molecule has 2 aromatic rings. The number of carbonyl (C=O) groups excluding carboxylic acids is 2. The van der Waals surface area contributed by atoms with Crippen LogP contribution in [0.3, 0.4) is 0 Å². The number of aliphatic hydroxyl groups excluding tert-OH is 1. The molecule has 0 unspecified atom stereocenters. The lowest BCUT2D eigenvalue weighted by Crippen LogP contribution is -2.29. The SMILES string of the molecule is CC(C)c1cnc(NC(=O)Cc2ccc(N3CC[C@H](O)C3=O)cc2)s1. The maximum absolute atomic E-state index is 12.2. The molecule has 1 aromatic carbocycles. The van der Waals surface area contributed by atoms with E-state index in [0.717, 1.165) is 16.1 Å². The van der Waals surface area contributed by atoms with E-state index in [0.29, 0.717) is 24.0 Å². The Balaban J connectivity index is 1.59. The zero-order chi connectivity index (χ0) is 18.0. The number of nitrogens with one attached hydrogen (secondary N) is 1. The molecule has 3 rings (SSSR count). The van der Waals surface area contributed by atoms with Gasteiger partial charge in [0.1, 0.15) is 6.10 Å². The molecule has 2 N–H and O–H groups in total. The molecule has 0 spiro atoms. The second-order valence-electron chi connectivity index (χ2n) is 6.41. The van der Waals surface area contributed by atoms with Crippen molar-refractivity contribution in [2.45, 2.75) is 38.7 Å². The van der Waals surface area contributed by atoms with Crippen molar-refractivity contribution < 1.29 is 14.7 Å². The second-order valence-corrected chi connectivity index (χ2v) is 7.47. The Morgan fingerprint density at radius 1 is 1.40 bits per heavy atom. The molecule has 1 atom stereocenters. The summed E-state index contributed by atoms with van der Waals surface area (Å²) in [6, 6.07) is 7.26. The highest BCUT2D eigenvalue weighted by molar-refractivity contribution is 7.15. The van der Waals surface area contributed by atoms with Gasteiger partial charge in [-0.1, -0.05) is 26.0 Å². The first-order chi connectivity index (χ1) is 11.9.